The molecule has 0 aromatic rings. The first kappa shape index (κ1) is 40.4. The average Bonchev–Trinajstić information content (AvgIpc) is 2.97. The van der Waals surface area contributed by atoms with Crippen LogP contribution in [0.25, 0.3) is 0 Å². The molecule has 41 heavy (non-hydrogen) atoms. The molecule has 0 aromatic carbocycles. The molecule has 0 aliphatic carbocycles. The van der Waals surface area contributed by atoms with Crippen LogP contribution in [0.4, 0.5) is 0 Å². The predicted molar refractivity (Wildman–Crippen MR) is 179 cm³/mol. The molecular weight excluding hydrogens is 506 g/mol. The van der Waals surface area contributed by atoms with Crippen molar-refractivity contribution in [3.05, 3.63) is 0 Å². The summed E-state index contributed by atoms with van der Waals surface area (Å²) >= 11 is 0. The number of hydrogen-bond donors (Lipinski definition) is 3. The number of carbonyl (C=O) groups excluding carboxylic acids is 1. The van der Waals surface area contributed by atoms with Crippen LogP contribution < -0.4 is 5.32 Å². The van der Waals surface area contributed by atoms with E-state index in [4.69, 9.17) is 0 Å². The van der Waals surface area contributed by atoms with Gasteiger partial charge in [0.25, 0.3) is 0 Å². The molecule has 1 amide bonds. The topological polar surface area (TPSA) is 69.6 Å². The lowest BCUT2D eigenvalue weighted by Crippen LogP contribution is -2.45. The molecule has 0 fully saturated rings. The Morgan fingerprint density at radius 2 is 0.780 bits per heavy atom. The van der Waals surface area contributed by atoms with Crippen LogP contribution in [-0.4, -0.2) is 34.9 Å². The van der Waals surface area contributed by atoms with Crippen molar-refractivity contribution in [1.82, 2.24) is 5.32 Å². The van der Waals surface area contributed by atoms with E-state index in [1.165, 1.54) is 161 Å². The van der Waals surface area contributed by atoms with Gasteiger partial charge in [-0.05, 0) is 12.8 Å². The second-order valence-electron chi connectivity index (χ2n) is 13.0. The number of aliphatic hydroxyl groups excluding tert-OH is 2. The third-order valence-electron chi connectivity index (χ3n) is 8.87. The van der Waals surface area contributed by atoms with Crippen molar-refractivity contribution in [2.75, 3.05) is 6.61 Å². The van der Waals surface area contributed by atoms with E-state index < -0.39 is 12.1 Å². The SMILES string of the molecule is CCCCCCCCCCCCCCCCCCCC(=O)NC(CO)C(O)CCCCCCCCCCCCCC. The third kappa shape index (κ3) is 30.6. The molecule has 4 heteroatoms. The van der Waals surface area contributed by atoms with E-state index in [1.807, 2.05) is 0 Å². The summed E-state index contributed by atoms with van der Waals surface area (Å²) < 4.78 is 0. The second kappa shape index (κ2) is 33.9. The Morgan fingerprint density at radius 1 is 0.488 bits per heavy atom. The molecule has 0 saturated heterocycles. The van der Waals surface area contributed by atoms with E-state index in [0.717, 1.165) is 25.7 Å². The largest absolute Gasteiger partial charge is 0.394 e. The highest BCUT2D eigenvalue weighted by Crippen LogP contribution is 2.16. The molecule has 0 aromatic heterocycles. The molecule has 0 spiro atoms. The summed E-state index contributed by atoms with van der Waals surface area (Å²) in [7, 11) is 0. The van der Waals surface area contributed by atoms with Gasteiger partial charge >= 0.3 is 0 Å². The lowest BCUT2D eigenvalue weighted by Gasteiger charge is -2.22. The van der Waals surface area contributed by atoms with Crippen molar-refractivity contribution in [1.29, 1.82) is 0 Å². The highest BCUT2D eigenvalue weighted by atomic mass is 16.3. The average molecular weight is 582 g/mol. The Morgan fingerprint density at radius 3 is 1.10 bits per heavy atom. The van der Waals surface area contributed by atoms with Gasteiger partial charge in [-0.25, -0.2) is 0 Å². The molecule has 0 bridgehead atoms. The molecule has 0 aliphatic rings. The summed E-state index contributed by atoms with van der Waals surface area (Å²) in [6.45, 7) is 4.36. The van der Waals surface area contributed by atoms with Gasteiger partial charge in [0.1, 0.15) is 0 Å². The smallest absolute Gasteiger partial charge is 0.220 e. The molecule has 2 atom stereocenters. The van der Waals surface area contributed by atoms with Crippen LogP contribution in [0, 0.1) is 0 Å². The molecule has 4 nitrogen and oxygen atoms in total. The summed E-state index contributed by atoms with van der Waals surface area (Å²) in [6, 6.07) is -0.527. The molecule has 0 rings (SSSR count). The van der Waals surface area contributed by atoms with Gasteiger partial charge in [0, 0.05) is 6.42 Å². The maximum absolute atomic E-state index is 12.3. The Bertz CT molecular complexity index is 512. The van der Waals surface area contributed by atoms with Crippen molar-refractivity contribution >= 4 is 5.91 Å². The van der Waals surface area contributed by atoms with Crippen molar-refractivity contribution < 1.29 is 15.0 Å². The number of aliphatic hydroxyl groups is 2. The Labute approximate surface area is 257 Å². The molecule has 0 aliphatic heterocycles. The van der Waals surface area contributed by atoms with Crippen LogP contribution in [-0.2, 0) is 4.79 Å². The fourth-order valence-corrected chi connectivity index (χ4v) is 5.95. The van der Waals surface area contributed by atoms with Crippen LogP contribution in [0.15, 0.2) is 0 Å². The van der Waals surface area contributed by atoms with Crippen molar-refractivity contribution in [3.63, 3.8) is 0 Å². The number of carbonyl (C=O) groups is 1. The quantitative estimate of drug-likeness (QED) is 0.0662. The van der Waals surface area contributed by atoms with Crippen molar-refractivity contribution in [3.8, 4) is 0 Å². The minimum absolute atomic E-state index is 0.0289. The van der Waals surface area contributed by atoms with Crippen molar-refractivity contribution in [2.45, 2.75) is 225 Å². The molecule has 246 valence electrons. The number of unbranched alkanes of at least 4 members (excludes halogenated alkanes) is 27. The zero-order valence-electron chi connectivity index (χ0n) is 28.1. The molecule has 3 N–H and O–H groups in total. The number of hydrogen-bond acceptors (Lipinski definition) is 3. The normalized spacial score (nSPS) is 13.0. The van der Waals surface area contributed by atoms with Gasteiger partial charge in [0.15, 0.2) is 0 Å². The zero-order valence-corrected chi connectivity index (χ0v) is 28.1. The van der Waals surface area contributed by atoms with E-state index in [1.54, 1.807) is 0 Å². The highest BCUT2D eigenvalue weighted by Gasteiger charge is 2.19. The molecule has 0 saturated carbocycles. The first-order valence-corrected chi connectivity index (χ1v) is 18.7. The predicted octanol–water partition coefficient (Wildman–Crippen LogP) is 11.0. The van der Waals surface area contributed by atoms with Crippen LogP contribution in [0.5, 0.6) is 0 Å². The Balaban J connectivity index is 3.50. The third-order valence-corrected chi connectivity index (χ3v) is 8.87. The van der Waals surface area contributed by atoms with Gasteiger partial charge in [-0.15, -0.1) is 0 Å². The van der Waals surface area contributed by atoms with Crippen LogP contribution in [0.3, 0.4) is 0 Å². The van der Waals surface area contributed by atoms with Crippen LogP contribution >= 0.6 is 0 Å². The Hall–Kier alpha value is -0.610. The molecule has 2 unspecified atom stereocenters. The standard InChI is InChI=1S/C37H75NO3/c1-3-5-7-9-11-13-15-17-18-19-20-21-23-25-27-29-31-33-37(41)38-35(34-39)36(40)32-30-28-26-24-22-16-14-12-10-8-6-4-2/h35-36,39-40H,3-34H2,1-2H3,(H,38,41). The summed E-state index contributed by atoms with van der Waals surface area (Å²) in [6.07, 6.45) is 38.7. The summed E-state index contributed by atoms with van der Waals surface area (Å²) in [5.41, 5.74) is 0. The van der Waals surface area contributed by atoms with Gasteiger partial charge in [-0.2, -0.15) is 0 Å². The minimum Gasteiger partial charge on any atom is -0.394 e. The minimum atomic E-state index is -0.650. The second-order valence-corrected chi connectivity index (χ2v) is 13.0. The molecular formula is C37H75NO3. The van der Waals surface area contributed by atoms with Crippen LogP contribution in [0.1, 0.15) is 213 Å². The first-order valence-electron chi connectivity index (χ1n) is 18.7. The van der Waals surface area contributed by atoms with Gasteiger partial charge < -0.3 is 15.5 Å². The fraction of sp³-hybridized carbons (Fsp3) is 0.973. The lowest BCUT2D eigenvalue weighted by molar-refractivity contribution is -0.123. The molecule has 0 heterocycles. The molecule has 0 radical (unpaired) electrons. The van der Waals surface area contributed by atoms with E-state index in [0.29, 0.717) is 12.8 Å². The van der Waals surface area contributed by atoms with Crippen LogP contribution in [0.2, 0.25) is 0 Å². The lowest BCUT2D eigenvalue weighted by atomic mass is 10.0. The van der Waals surface area contributed by atoms with Gasteiger partial charge in [-0.1, -0.05) is 194 Å². The number of rotatable bonds is 34. The monoisotopic (exact) mass is 582 g/mol. The van der Waals surface area contributed by atoms with Gasteiger partial charge in [-0.3, -0.25) is 4.79 Å². The zero-order chi connectivity index (χ0) is 30.1. The number of nitrogens with one attached hydrogen (secondary N) is 1. The number of amides is 1. The maximum Gasteiger partial charge on any atom is 0.220 e. The fourth-order valence-electron chi connectivity index (χ4n) is 5.95. The summed E-state index contributed by atoms with van der Waals surface area (Å²) in [5, 5.41) is 23.0. The summed E-state index contributed by atoms with van der Waals surface area (Å²) in [4.78, 5) is 12.3. The van der Waals surface area contributed by atoms with Crippen molar-refractivity contribution in [2.24, 2.45) is 0 Å². The van der Waals surface area contributed by atoms with Gasteiger partial charge in [0.2, 0.25) is 5.91 Å². The van der Waals surface area contributed by atoms with Gasteiger partial charge in [0.05, 0.1) is 18.8 Å². The summed E-state index contributed by atoms with van der Waals surface area (Å²) in [5.74, 6) is -0.0289. The van der Waals surface area contributed by atoms with E-state index >= 15 is 0 Å². The first-order chi connectivity index (χ1) is 20.2. The van der Waals surface area contributed by atoms with E-state index in [9.17, 15) is 15.0 Å². The Kier molecular flexibility index (Phi) is 33.4. The van der Waals surface area contributed by atoms with E-state index in [-0.39, 0.29) is 12.5 Å². The highest BCUT2D eigenvalue weighted by molar-refractivity contribution is 5.76. The maximum atomic E-state index is 12.3. The van der Waals surface area contributed by atoms with E-state index in [2.05, 4.69) is 19.2 Å².